The van der Waals surface area contributed by atoms with Gasteiger partial charge in [-0.3, -0.25) is 0 Å². The first-order chi connectivity index (χ1) is 22.3. The second-order valence-corrected chi connectivity index (χ2v) is 12.2. The molecule has 0 aliphatic carbocycles. The van der Waals surface area contributed by atoms with Crippen molar-refractivity contribution in [1.82, 2.24) is 15.0 Å². The normalized spacial score (nSPS) is 11.6. The molecule has 7 aromatic carbocycles. The third-order valence-corrected chi connectivity index (χ3v) is 9.75. The second-order valence-electron chi connectivity index (χ2n) is 11.2. The molecule has 0 N–H and O–H groups in total. The maximum atomic E-state index is 5.17. The predicted molar refractivity (Wildman–Crippen MR) is 189 cm³/mol. The van der Waals surface area contributed by atoms with Crippen LogP contribution in [0.4, 0.5) is 0 Å². The average Bonchev–Trinajstić information content (AvgIpc) is 3.52. The van der Waals surface area contributed by atoms with Crippen LogP contribution in [0.2, 0.25) is 0 Å². The molecule has 0 aliphatic rings. The van der Waals surface area contributed by atoms with Crippen molar-refractivity contribution in [2.45, 2.75) is 0 Å². The third-order valence-electron chi connectivity index (χ3n) is 8.50. The molecule has 0 saturated heterocycles. The van der Waals surface area contributed by atoms with Crippen LogP contribution in [0.5, 0.6) is 0 Å². The van der Waals surface area contributed by atoms with Crippen LogP contribution in [-0.4, -0.2) is 15.0 Å². The van der Waals surface area contributed by atoms with E-state index in [0.29, 0.717) is 17.5 Å². The minimum absolute atomic E-state index is 0.663. The zero-order valence-corrected chi connectivity index (χ0v) is 25.0. The molecule has 45 heavy (non-hydrogen) atoms. The Hall–Kier alpha value is -5.71. The van der Waals surface area contributed by atoms with Crippen LogP contribution in [0.1, 0.15) is 0 Å². The van der Waals surface area contributed by atoms with E-state index in [1.54, 1.807) is 0 Å². The summed E-state index contributed by atoms with van der Waals surface area (Å²) in [6, 6.07) is 53.1. The standard InChI is InChI=1S/C41H25N3S/c1-4-13-26(14-5-1)32-21-12-22-33-36-34(25-30-24-23-27-15-10-11-20-31(27)35(30)38(36)45-37(32)33)41-43-39(28-16-6-2-7-17-28)42-40(44-41)29-18-8-3-9-19-29/h1-25H. The maximum Gasteiger partial charge on any atom is 0.164 e. The van der Waals surface area contributed by atoms with Crippen molar-refractivity contribution in [3.05, 3.63) is 152 Å². The Morgan fingerprint density at radius 1 is 0.356 bits per heavy atom. The van der Waals surface area contributed by atoms with Crippen molar-refractivity contribution in [3.8, 4) is 45.3 Å². The van der Waals surface area contributed by atoms with E-state index in [-0.39, 0.29) is 0 Å². The van der Waals surface area contributed by atoms with Crippen LogP contribution in [-0.2, 0) is 0 Å². The van der Waals surface area contributed by atoms with Gasteiger partial charge in [-0.05, 0) is 33.4 Å². The fraction of sp³-hybridized carbons (Fsp3) is 0. The molecule has 3 nitrogen and oxygen atoms in total. The number of thiophene rings is 1. The van der Waals surface area contributed by atoms with Crippen LogP contribution in [0, 0.1) is 0 Å². The summed E-state index contributed by atoms with van der Waals surface area (Å²) in [5.74, 6) is 2.00. The van der Waals surface area contributed by atoms with E-state index >= 15 is 0 Å². The van der Waals surface area contributed by atoms with Gasteiger partial charge in [-0.15, -0.1) is 11.3 Å². The lowest BCUT2D eigenvalue weighted by molar-refractivity contribution is 1.08. The van der Waals surface area contributed by atoms with Gasteiger partial charge in [-0.2, -0.15) is 0 Å². The number of nitrogens with zero attached hydrogens (tertiary/aromatic N) is 3. The summed E-state index contributed by atoms with van der Waals surface area (Å²) in [5.41, 5.74) is 5.38. The Kier molecular flexibility index (Phi) is 6.00. The summed E-state index contributed by atoms with van der Waals surface area (Å²) >= 11 is 1.87. The number of aromatic nitrogens is 3. The van der Waals surface area contributed by atoms with Crippen LogP contribution in [0.3, 0.4) is 0 Å². The number of benzene rings is 7. The molecule has 2 aromatic heterocycles. The van der Waals surface area contributed by atoms with Crippen molar-refractivity contribution in [2.75, 3.05) is 0 Å². The summed E-state index contributed by atoms with van der Waals surface area (Å²) < 4.78 is 2.52. The number of hydrogen-bond donors (Lipinski definition) is 0. The molecule has 0 aliphatic heterocycles. The van der Waals surface area contributed by atoms with Crippen LogP contribution < -0.4 is 0 Å². The highest BCUT2D eigenvalue weighted by Crippen LogP contribution is 2.48. The first-order valence-electron chi connectivity index (χ1n) is 15.0. The predicted octanol–water partition coefficient (Wildman–Crippen LogP) is 11.2. The van der Waals surface area contributed by atoms with E-state index in [9.17, 15) is 0 Å². The molecule has 0 fully saturated rings. The first kappa shape index (κ1) is 25.8. The number of rotatable bonds is 4. The highest BCUT2D eigenvalue weighted by Gasteiger charge is 2.21. The minimum atomic E-state index is 0.663. The van der Waals surface area contributed by atoms with Crippen LogP contribution >= 0.6 is 11.3 Å². The Bertz CT molecular complexity index is 2460. The fourth-order valence-corrected chi connectivity index (χ4v) is 7.83. The van der Waals surface area contributed by atoms with Gasteiger partial charge in [0.15, 0.2) is 17.5 Å². The van der Waals surface area contributed by atoms with Gasteiger partial charge in [-0.25, -0.2) is 15.0 Å². The molecule has 2 heterocycles. The van der Waals surface area contributed by atoms with E-state index in [2.05, 4.69) is 115 Å². The van der Waals surface area contributed by atoms with Crippen LogP contribution in [0.25, 0.3) is 87.0 Å². The van der Waals surface area contributed by atoms with Gasteiger partial charge in [-0.1, -0.05) is 146 Å². The number of hydrogen-bond acceptors (Lipinski definition) is 4. The Balaban J connectivity index is 1.43. The molecule has 0 spiro atoms. The average molecular weight is 592 g/mol. The van der Waals surface area contributed by atoms with Crippen molar-refractivity contribution < 1.29 is 0 Å². The molecule has 0 unspecified atom stereocenters. The molecule has 0 bridgehead atoms. The zero-order valence-electron chi connectivity index (χ0n) is 24.2. The van der Waals surface area contributed by atoms with Gasteiger partial charge in [0.05, 0.1) is 0 Å². The van der Waals surface area contributed by atoms with Gasteiger partial charge < -0.3 is 0 Å². The van der Waals surface area contributed by atoms with Gasteiger partial charge in [0.25, 0.3) is 0 Å². The van der Waals surface area contributed by atoms with E-state index in [1.165, 1.54) is 52.8 Å². The van der Waals surface area contributed by atoms with E-state index in [1.807, 2.05) is 47.7 Å². The molecular formula is C41H25N3S. The molecule has 0 amide bonds. The summed E-state index contributed by atoms with van der Waals surface area (Å²) in [5, 5.41) is 7.33. The van der Waals surface area contributed by atoms with Crippen molar-refractivity contribution in [2.24, 2.45) is 0 Å². The van der Waals surface area contributed by atoms with Crippen molar-refractivity contribution >= 4 is 53.1 Å². The molecule has 4 heteroatoms. The summed E-state index contributed by atoms with van der Waals surface area (Å²) in [7, 11) is 0. The lowest BCUT2D eigenvalue weighted by atomic mass is 9.95. The van der Waals surface area contributed by atoms with Crippen molar-refractivity contribution in [3.63, 3.8) is 0 Å². The molecule has 210 valence electrons. The fourth-order valence-electron chi connectivity index (χ4n) is 6.40. The van der Waals surface area contributed by atoms with Gasteiger partial charge in [0, 0.05) is 42.2 Å². The monoisotopic (exact) mass is 591 g/mol. The van der Waals surface area contributed by atoms with E-state index in [0.717, 1.165) is 16.7 Å². The molecular weight excluding hydrogens is 567 g/mol. The summed E-state index contributed by atoms with van der Waals surface area (Å²) in [6.45, 7) is 0. The van der Waals surface area contributed by atoms with E-state index < -0.39 is 0 Å². The Labute approximate surface area is 264 Å². The topological polar surface area (TPSA) is 38.7 Å². The van der Waals surface area contributed by atoms with Crippen molar-refractivity contribution in [1.29, 1.82) is 0 Å². The van der Waals surface area contributed by atoms with Gasteiger partial charge >= 0.3 is 0 Å². The van der Waals surface area contributed by atoms with E-state index in [4.69, 9.17) is 15.0 Å². The number of fused-ring (bicyclic) bond motifs is 7. The SMILES string of the molecule is c1ccc(-c2nc(-c3ccccc3)nc(-c3cc4ccc5ccccc5c4c4sc5c(-c6ccccc6)cccc5c34)n2)cc1. The second kappa shape index (κ2) is 10.5. The Morgan fingerprint density at radius 2 is 0.911 bits per heavy atom. The molecule has 0 atom stereocenters. The summed E-state index contributed by atoms with van der Waals surface area (Å²) in [6.07, 6.45) is 0. The molecule has 0 radical (unpaired) electrons. The molecule has 9 rings (SSSR count). The third kappa shape index (κ3) is 4.30. The lowest BCUT2D eigenvalue weighted by Gasteiger charge is -2.12. The maximum absolute atomic E-state index is 5.17. The largest absolute Gasteiger partial charge is 0.208 e. The van der Waals surface area contributed by atoms with Gasteiger partial charge in [0.1, 0.15) is 0 Å². The molecule has 9 aromatic rings. The summed E-state index contributed by atoms with van der Waals surface area (Å²) in [4.78, 5) is 15.3. The highest BCUT2D eigenvalue weighted by atomic mass is 32.1. The molecule has 0 saturated carbocycles. The zero-order chi connectivity index (χ0) is 29.7. The van der Waals surface area contributed by atoms with Gasteiger partial charge in [0.2, 0.25) is 0 Å². The van der Waals surface area contributed by atoms with Crippen LogP contribution in [0.15, 0.2) is 152 Å². The Morgan fingerprint density at radius 3 is 1.60 bits per heavy atom. The minimum Gasteiger partial charge on any atom is -0.208 e. The first-order valence-corrected chi connectivity index (χ1v) is 15.9. The quantitative estimate of drug-likeness (QED) is 0.191. The smallest absolute Gasteiger partial charge is 0.164 e. The lowest BCUT2D eigenvalue weighted by Crippen LogP contribution is -2.00. The highest BCUT2D eigenvalue weighted by molar-refractivity contribution is 7.27.